The Hall–Kier alpha value is -4.91. The second kappa shape index (κ2) is 8.22. The molecule has 0 fully saturated rings. The van der Waals surface area contributed by atoms with Crippen molar-refractivity contribution in [2.45, 2.75) is 0 Å². The number of hydrogen-bond donors (Lipinski definition) is 1. The third-order valence-corrected chi connectivity index (χ3v) is 5.64. The predicted molar refractivity (Wildman–Crippen MR) is 132 cm³/mol. The van der Waals surface area contributed by atoms with Crippen molar-refractivity contribution in [2.75, 3.05) is 5.32 Å². The van der Waals surface area contributed by atoms with E-state index in [1.165, 1.54) is 0 Å². The molecule has 6 aromatic rings. The molecule has 0 aliphatic heterocycles. The maximum absolute atomic E-state index is 13.3. The minimum atomic E-state index is -0.225. The van der Waals surface area contributed by atoms with Crippen LogP contribution < -0.4 is 5.32 Å². The van der Waals surface area contributed by atoms with Crippen LogP contribution in [0.3, 0.4) is 0 Å². The summed E-state index contributed by atoms with van der Waals surface area (Å²) in [7, 11) is 0. The first-order valence-electron chi connectivity index (χ1n) is 10.8. The smallest absolute Gasteiger partial charge is 0.256 e. The standard InChI is InChI=1S/C27H18N6O/c34-27(21-15-24(18-11-13-28-14-12-18)32-22-6-2-1-5-20(21)22)31-19-9-10-26(29-16-19)33-17-30-23-7-3-4-8-25(23)33/h1-17H,(H,31,34). The monoisotopic (exact) mass is 442 g/mol. The molecule has 34 heavy (non-hydrogen) atoms. The summed E-state index contributed by atoms with van der Waals surface area (Å²) in [5.41, 5.74) is 5.38. The van der Waals surface area contributed by atoms with Gasteiger partial charge in [0.05, 0.1) is 39.7 Å². The molecule has 1 amide bonds. The van der Waals surface area contributed by atoms with E-state index in [1.807, 2.05) is 83.4 Å². The van der Waals surface area contributed by atoms with Gasteiger partial charge in [0, 0.05) is 23.3 Å². The summed E-state index contributed by atoms with van der Waals surface area (Å²) in [6.45, 7) is 0. The van der Waals surface area contributed by atoms with Crippen LogP contribution in [0.15, 0.2) is 104 Å². The van der Waals surface area contributed by atoms with Gasteiger partial charge in [-0.25, -0.2) is 15.0 Å². The number of imidazole rings is 1. The molecule has 6 rings (SSSR count). The summed E-state index contributed by atoms with van der Waals surface area (Å²) in [4.78, 5) is 31.1. The third-order valence-electron chi connectivity index (χ3n) is 5.64. The van der Waals surface area contributed by atoms with Gasteiger partial charge < -0.3 is 5.32 Å². The minimum absolute atomic E-state index is 0.225. The van der Waals surface area contributed by atoms with E-state index in [0.29, 0.717) is 16.9 Å². The molecule has 4 aromatic heterocycles. The van der Waals surface area contributed by atoms with Gasteiger partial charge in [-0.1, -0.05) is 30.3 Å². The first-order chi connectivity index (χ1) is 16.8. The number of rotatable bonds is 4. The highest BCUT2D eigenvalue weighted by Crippen LogP contribution is 2.25. The first kappa shape index (κ1) is 19.8. The molecule has 0 saturated carbocycles. The topological polar surface area (TPSA) is 85.6 Å². The lowest BCUT2D eigenvalue weighted by Crippen LogP contribution is -2.13. The zero-order chi connectivity index (χ0) is 22.9. The number of nitrogens with zero attached hydrogens (tertiary/aromatic N) is 5. The fourth-order valence-corrected chi connectivity index (χ4v) is 3.98. The molecule has 0 radical (unpaired) electrons. The van der Waals surface area contributed by atoms with Crippen molar-refractivity contribution in [3.8, 4) is 17.1 Å². The van der Waals surface area contributed by atoms with E-state index in [4.69, 9.17) is 4.98 Å². The van der Waals surface area contributed by atoms with Crippen LogP contribution in [0.2, 0.25) is 0 Å². The number of nitrogens with one attached hydrogen (secondary N) is 1. The molecule has 162 valence electrons. The molecule has 4 heterocycles. The maximum Gasteiger partial charge on any atom is 0.256 e. The Bertz CT molecular complexity index is 1640. The number of anilines is 1. The van der Waals surface area contributed by atoms with Crippen LogP contribution in [0.4, 0.5) is 5.69 Å². The van der Waals surface area contributed by atoms with Gasteiger partial charge in [0.2, 0.25) is 0 Å². The van der Waals surface area contributed by atoms with Crippen LogP contribution in [-0.2, 0) is 0 Å². The molecule has 0 saturated heterocycles. The molecule has 0 aliphatic rings. The summed E-state index contributed by atoms with van der Waals surface area (Å²) >= 11 is 0. The average molecular weight is 442 g/mol. The van der Waals surface area contributed by atoms with Crippen LogP contribution in [0.25, 0.3) is 39.0 Å². The van der Waals surface area contributed by atoms with E-state index in [9.17, 15) is 4.79 Å². The van der Waals surface area contributed by atoms with Crippen LogP contribution in [0, 0.1) is 0 Å². The Kier molecular flexibility index (Phi) is 4.77. The number of hydrogen-bond acceptors (Lipinski definition) is 5. The lowest BCUT2D eigenvalue weighted by atomic mass is 10.0. The Morgan fingerprint density at radius 1 is 0.824 bits per heavy atom. The van der Waals surface area contributed by atoms with Gasteiger partial charge in [-0.3, -0.25) is 14.3 Å². The van der Waals surface area contributed by atoms with Crippen LogP contribution in [-0.4, -0.2) is 30.4 Å². The van der Waals surface area contributed by atoms with Crippen LogP contribution in [0.5, 0.6) is 0 Å². The maximum atomic E-state index is 13.3. The predicted octanol–water partition coefficient (Wildman–Crippen LogP) is 5.28. The minimum Gasteiger partial charge on any atom is -0.321 e. The Morgan fingerprint density at radius 3 is 2.44 bits per heavy atom. The number of carbonyl (C=O) groups is 1. The highest BCUT2D eigenvalue weighted by molar-refractivity contribution is 6.13. The van der Waals surface area contributed by atoms with Gasteiger partial charge in [0.1, 0.15) is 12.1 Å². The summed E-state index contributed by atoms with van der Waals surface area (Å²) in [5.74, 6) is 0.498. The molecule has 2 aromatic carbocycles. The first-order valence-corrected chi connectivity index (χ1v) is 10.8. The summed E-state index contributed by atoms with van der Waals surface area (Å²) in [6, 6.07) is 24.8. The number of para-hydroxylation sites is 3. The fraction of sp³-hybridized carbons (Fsp3) is 0. The summed E-state index contributed by atoms with van der Waals surface area (Å²) in [5, 5.41) is 3.76. The molecule has 0 bridgehead atoms. The molecular weight excluding hydrogens is 424 g/mol. The zero-order valence-corrected chi connectivity index (χ0v) is 18.0. The molecular formula is C27H18N6O. The largest absolute Gasteiger partial charge is 0.321 e. The Balaban J connectivity index is 1.33. The van der Waals surface area contributed by atoms with E-state index >= 15 is 0 Å². The van der Waals surface area contributed by atoms with Crippen molar-refractivity contribution in [1.29, 1.82) is 0 Å². The van der Waals surface area contributed by atoms with Crippen molar-refractivity contribution in [3.63, 3.8) is 0 Å². The highest BCUT2D eigenvalue weighted by atomic mass is 16.1. The second-order valence-corrected chi connectivity index (χ2v) is 7.77. The third kappa shape index (κ3) is 3.55. The van der Waals surface area contributed by atoms with Gasteiger partial charge in [0.15, 0.2) is 0 Å². The van der Waals surface area contributed by atoms with E-state index in [0.717, 1.165) is 33.3 Å². The van der Waals surface area contributed by atoms with Gasteiger partial charge in [0.25, 0.3) is 5.91 Å². The number of fused-ring (bicyclic) bond motifs is 2. The van der Waals surface area contributed by atoms with Crippen molar-refractivity contribution in [1.82, 2.24) is 24.5 Å². The molecule has 0 atom stereocenters. The quantitative estimate of drug-likeness (QED) is 0.401. The number of carbonyl (C=O) groups excluding carboxylic acids is 1. The van der Waals surface area contributed by atoms with Crippen molar-refractivity contribution >= 4 is 33.5 Å². The number of pyridine rings is 3. The average Bonchev–Trinajstić information content (AvgIpc) is 3.33. The Labute approximate surface area is 194 Å². The van der Waals surface area contributed by atoms with E-state index in [2.05, 4.69) is 20.3 Å². The molecule has 1 N–H and O–H groups in total. The van der Waals surface area contributed by atoms with E-state index in [1.54, 1.807) is 24.9 Å². The molecule has 0 unspecified atom stereocenters. The normalized spacial score (nSPS) is 11.1. The van der Waals surface area contributed by atoms with Gasteiger partial charge in [-0.15, -0.1) is 0 Å². The number of amides is 1. The van der Waals surface area contributed by atoms with Gasteiger partial charge >= 0.3 is 0 Å². The van der Waals surface area contributed by atoms with Crippen molar-refractivity contribution < 1.29 is 4.79 Å². The lowest BCUT2D eigenvalue weighted by Gasteiger charge is -2.11. The zero-order valence-electron chi connectivity index (χ0n) is 18.0. The number of aromatic nitrogens is 5. The van der Waals surface area contributed by atoms with Gasteiger partial charge in [-0.05, 0) is 48.5 Å². The number of benzene rings is 2. The summed E-state index contributed by atoms with van der Waals surface area (Å²) < 4.78 is 1.91. The fourth-order valence-electron chi connectivity index (χ4n) is 3.98. The Morgan fingerprint density at radius 2 is 1.62 bits per heavy atom. The van der Waals surface area contributed by atoms with Gasteiger partial charge in [-0.2, -0.15) is 0 Å². The molecule has 0 spiro atoms. The van der Waals surface area contributed by atoms with Crippen molar-refractivity contribution in [2.24, 2.45) is 0 Å². The van der Waals surface area contributed by atoms with Crippen LogP contribution in [0.1, 0.15) is 10.4 Å². The lowest BCUT2D eigenvalue weighted by molar-refractivity contribution is 0.102. The van der Waals surface area contributed by atoms with E-state index < -0.39 is 0 Å². The summed E-state index contributed by atoms with van der Waals surface area (Å²) in [6.07, 6.45) is 6.81. The van der Waals surface area contributed by atoms with Crippen LogP contribution >= 0.6 is 0 Å². The second-order valence-electron chi connectivity index (χ2n) is 7.77. The molecule has 0 aliphatic carbocycles. The van der Waals surface area contributed by atoms with Crippen molar-refractivity contribution in [3.05, 3.63) is 109 Å². The SMILES string of the molecule is O=C(Nc1ccc(-n2cnc3ccccc32)nc1)c1cc(-c2ccncc2)nc2ccccc12. The molecule has 7 heteroatoms. The van der Waals surface area contributed by atoms with E-state index in [-0.39, 0.29) is 5.91 Å². The highest BCUT2D eigenvalue weighted by Gasteiger charge is 2.15. The molecule has 7 nitrogen and oxygen atoms in total.